The van der Waals surface area contributed by atoms with E-state index in [0.717, 1.165) is 27.3 Å². The molecule has 2 aromatic heterocycles. The fraction of sp³-hybridized carbons (Fsp3) is 0.125. The van der Waals surface area contributed by atoms with Gasteiger partial charge in [-0.05, 0) is 72.1 Å². The number of benzene rings is 2. The maximum atomic E-state index is 11.8. The highest BCUT2D eigenvalue weighted by Crippen LogP contribution is 2.33. The predicted octanol–water partition coefficient (Wildman–Crippen LogP) is 5.34. The Hall–Kier alpha value is -3.49. The van der Waals surface area contributed by atoms with E-state index in [-0.39, 0.29) is 12.5 Å². The summed E-state index contributed by atoms with van der Waals surface area (Å²) < 4.78 is 7.33. The first-order chi connectivity index (χ1) is 15.6. The summed E-state index contributed by atoms with van der Waals surface area (Å²) in [5.74, 6) is 0.505. The molecule has 0 unspecified atom stereocenters. The maximum Gasteiger partial charge on any atom is 0.262 e. The highest BCUT2D eigenvalue weighted by Gasteiger charge is 2.18. The summed E-state index contributed by atoms with van der Waals surface area (Å²) in [6.07, 6.45) is 1.83. The van der Waals surface area contributed by atoms with Crippen molar-refractivity contribution in [1.82, 2.24) is 4.68 Å². The number of nitrogens with one attached hydrogen (secondary N) is 1. The molecule has 4 aromatic rings. The second kappa shape index (κ2) is 8.57. The molecule has 0 radical (unpaired) electrons. The molecule has 8 heteroatoms. The van der Waals surface area contributed by atoms with Gasteiger partial charge in [0.15, 0.2) is 6.61 Å². The van der Waals surface area contributed by atoms with Gasteiger partial charge in [0.05, 0.1) is 23.3 Å². The zero-order chi connectivity index (χ0) is 22.1. The van der Waals surface area contributed by atoms with E-state index in [9.17, 15) is 4.79 Å². The van der Waals surface area contributed by atoms with Crippen molar-refractivity contribution in [1.29, 1.82) is 0 Å². The van der Waals surface area contributed by atoms with Gasteiger partial charge < -0.3 is 10.1 Å². The molecule has 32 heavy (non-hydrogen) atoms. The average Bonchev–Trinajstić information content (AvgIpc) is 3.44. The third kappa shape index (κ3) is 4.15. The third-order valence-electron chi connectivity index (χ3n) is 5.17. The molecule has 0 bridgehead atoms. The number of thiazole rings is 1. The van der Waals surface area contributed by atoms with Crippen molar-refractivity contribution in [3.05, 3.63) is 80.1 Å². The molecule has 1 aliphatic rings. The number of aromatic nitrogens is 1. The Balaban J connectivity index is 1.63. The molecular formula is C24H20N4O2S2. The van der Waals surface area contributed by atoms with Gasteiger partial charge in [-0.25, -0.2) is 9.67 Å². The van der Waals surface area contributed by atoms with Gasteiger partial charge in [0, 0.05) is 16.5 Å². The highest BCUT2D eigenvalue weighted by atomic mass is 32.1. The van der Waals surface area contributed by atoms with Crippen molar-refractivity contribution in [2.75, 3.05) is 11.9 Å². The van der Waals surface area contributed by atoms with Gasteiger partial charge in [0.2, 0.25) is 4.80 Å². The van der Waals surface area contributed by atoms with E-state index in [2.05, 4.69) is 31.3 Å². The van der Waals surface area contributed by atoms with Gasteiger partial charge in [0.1, 0.15) is 5.75 Å². The number of aryl methyl sites for hydroxylation is 2. The molecule has 0 aliphatic carbocycles. The molecule has 0 atom stereocenters. The number of ether oxygens (including phenoxy) is 1. The van der Waals surface area contributed by atoms with Crippen LogP contribution in [0.5, 0.6) is 5.75 Å². The van der Waals surface area contributed by atoms with Crippen molar-refractivity contribution < 1.29 is 9.53 Å². The molecule has 5 rings (SSSR count). The number of thiophene rings is 1. The lowest BCUT2D eigenvalue weighted by atomic mass is 10.1. The summed E-state index contributed by atoms with van der Waals surface area (Å²) in [4.78, 5) is 17.4. The van der Waals surface area contributed by atoms with E-state index < -0.39 is 0 Å². The van der Waals surface area contributed by atoms with Crippen molar-refractivity contribution >= 4 is 46.2 Å². The topological polar surface area (TPSA) is 68.0 Å². The molecule has 0 saturated carbocycles. The molecule has 160 valence electrons. The molecule has 0 saturated heterocycles. The average molecular weight is 461 g/mol. The molecule has 1 amide bonds. The first-order valence-electron chi connectivity index (χ1n) is 10.0. The van der Waals surface area contributed by atoms with Crippen LogP contribution >= 0.6 is 22.7 Å². The van der Waals surface area contributed by atoms with Gasteiger partial charge in [-0.1, -0.05) is 6.07 Å². The van der Waals surface area contributed by atoms with Gasteiger partial charge in [-0.15, -0.1) is 11.3 Å². The Labute approximate surface area is 193 Å². The molecule has 2 aromatic carbocycles. The highest BCUT2D eigenvalue weighted by molar-refractivity contribution is 7.08. The first-order valence-corrected chi connectivity index (χ1v) is 11.9. The fourth-order valence-electron chi connectivity index (χ4n) is 3.31. The van der Waals surface area contributed by atoms with Crippen LogP contribution in [-0.2, 0) is 4.79 Å². The molecular weight excluding hydrogens is 440 g/mol. The monoisotopic (exact) mass is 460 g/mol. The molecule has 1 aliphatic heterocycles. The normalized spacial score (nSPS) is 13.8. The maximum absolute atomic E-state index is 11.8. The number of anilines is 1. The largest absolute Gasteiger partial charge is 0.482 e. The fourth-order valence-corrected chi connectivity index (χ4v) is 4.78. The third-order valence-corrected chi connectivity index (χ3v) is 6.69. The van der Waals surface area contributed by atoms with E-state index in [1.165, 1.54) is 22.5 Å². The summed E-state index contributed by atoms with van der Waals surface area (Å²) in [6, 6.07) is 13.9. The van der Waals surface area contributed by atoms with Gasteiger partial charge >= 0.3 is 0 Å². The van der Waals surface area contributed by atoms with Crippen molar-refractivity contribution in [3.8, 4) is 17.0 Å². The quantitative estimate of drug-likeness (QED) is 0.418. The van der Waals surface area contributed by atoms with Crippen molar-refractivity contribution in [3.63, 3.8) is 0 Å². The number of nitrogens with zero attached hydrogens (tertiary/aromatic N) is 3. The number of carbonyl (C=O) groups is 1. The van der Waals surface area contributed by atoms with Crippen molar-refractivity contribution in [2.45, 2.75) is 13.8 Å². The van der Waals surface area contributed by atoms with E-state index in [1.807, 2.05) is 57.4 Å². The van der Waals surface area contributed by atoms with Crippen LogP contribution in [0.25, 0.3) is 11.3 Å². The summed E-state index contributed by atoms with van der Waals surface area (Å²) in [6.45, 7) is 4.21. The predicted molar refractivity (Wildman–Crippen MR) is 130 cm³/mol. The Morgan fingerprint density at radius 1 is 1.09 bits per heavy atom. The van der Waals surface area contributed by atoms with Gasteiger partial charge in [-0.3, -0.25) is 4.79 Å². The number of carbonyl (C=O) groups excluding carboxylic acids is 1. The molecule has 0 fully saturated rings. The van der Waals surface area contributed by atoms with Crippen LogP contribution in [0.2, 0.25) is 0 Å². The second-order valence-corrected chi connectivity index (χ2v) is 9.06. The molecule has 6 nitrogen and oxygen atoms in total. The van der Waals surface area contributed by atoms with E-state index in [4.69, 9.17) is 14.8 Å². The number of rotatable bonds is 4. The number of hydrogen-bond donors (Lipinski definition) is 1. The summed E-state index contributed by atoms with van der Waals surface area (Å²) in [5.41, 5.74) is 6.79. The summed E-state index contributed by atoms with van der Waals surface area (Å²) in [5, 5.41) is 13.7. The van der Waals surface area contributed by atoms with E-state index >= 15 is 0 Å². The summed E-state index contributed by atoms with van der Waals surface area (Å²) in [7, 11) is 0. The molecule has 1 N–H and O–H groups in total. The van der Waals surface area contributed by atoms with E-state index in [1.54, 1.807) is 11.3 Å². The zero-order valence-corrected chi connectivity index (χ0v) is 19.2. The lowest BCUT2D eigenvalue weighted by Gasteiger charge is -2.18. The summed E-state index contributed by atoms with van der Waals surface area (Å²) >= 11 is 3.14. The van der Waals surface area contributed by atoms with Crippen LogP contribution in [-0.4, -0.2) is 23.4 Å². The standard InChI is InChI=1S/C24H20N4O2S2/c1-15-3-5-19(9-16(15)2)26-24-28(25-11-17-7-8-31-13-17)21(14-32-24)18-4-6-22-20(10-18)27-23(29)12-30-22/h3-11,13-14H,12H2,1-2H3,(H,27,29). The smallest absolute Gasteiger partial charge is 0.262 e. The Kier molecular flexibility index (Phi) is 5.46. The molecule has 3 heterocycles. The lowest BCUT2D eigenvalue weighted by Crippen LogP contribution is -2.25. The minimum Gasteiger partial charge on any atom is -0.482 e. The van der Waals surface area contributed by atoms with Crippen LogP contribution in [0.4, 0.5) is 11.4 Å². The number of hydrogen-bond acceptors (Lipinski definition) is 6. The van der Waals surface area contributed by atoms with Crippen LogP contribution in [0.1, 0.15) is 16.7 Å². The van der Waals surface area contributed by atoms with Crippen molar-refractivity contribution in [2.24, 2.45) is 10.1 Å². The Morgan fingerprint density at radius 3 is 2.81 bits per heavy atom. The Bertz CT molecular complexity index is 1400. The first kappa shape index (κ1) is 20.4. The van der Waals surface area contributed by atoms with Gasteiger partial charge in [-0.2, -0.15) is 16.4 Å². The van der Waals surface area contributed by atoms with Gasteiger partial charge in [0.25, 0.3) is 5.91 Å². The number of amides is 1. The minimum atomic E-state index is -0.159. The minimum absolute atomic E-state index is 0.0364. The van der Waals surface area contributed by atoms with E-state index in [0.29, 0.717) is 11.4 Å². The zero-order valence-electron chi connectivity index (χ0n) is 17.5. The Morgan fingerprint density at radius 2 is 2.00 bits per heavy atom. The van der Waals surface area contributed by atoms with Crippen LogP contribution in [0.3, 0.4) is 0 Å². The van der Waals surface area contributed by atoms with Crippen LogP contribution in [0, 0.1) is 13.8 Å². The molecule has 0 spiro atoms. The van der Waals surface area contributed by atoms with Crippen LogP contribution in [0.15, 0.2) is 68.7 Å². The SMILES string of the molecule is Cc1ccc(N=c2scc(-c3ccc4c(c3)NC(=O)CO4)n2N=Cc2ccsc2)cc1C. The second-order valence-electron chi connectivity index (χ2n) is 7.44. The number of fused-ring (bicyclic) bond motifs is 1. The lowest BCUT2D eigenvalue weighted by molar-refractivity contribution is -0.118. The van der Waals surface area contributed by atoms with Crippen LogP contribution < -0.4 is 14.9 Å².